The maximum Gasteiger partial charge on any atom is 0.507 e. The number of rotatable bonds is 2. The first-order valence-electron chi connectivity index (χ1n) is 7.34. The van der Waals surface area contributed by atoms with E-state index in [0.29, 0.717) is 0 Å². The number of amides is 3. The zero-order chi connectivity index (χ0) is 20.7. The van der Waals surface area contributed by atoms with E-state index in [9.17, 15) is 35.9 Å². The van der Waals surface area contributed by atoms with E-state index >= 15 is 0 Å². The van der Waals surface area contributed by atoms with Crippen LogP contribution in [0.2, 0.25) is 0 Å². The number of alkyl halides is 4. The Morgan fingerprint density at radius 3 is 2.04 bits per heavy atom. The van der Waals surface area contributed by atoms with Crippen LogP contribution < -0.4 is 20.1 Å². The zero-order valence-electron chi connectivity index (χ0n) is 13.4. The van der Waals surface area contributed by atoms with E-state index in [4.69, 9.17) is 0 Å². The van der Waals surface area contributed by atoms with Gasteiger partial charge in [0.1, 0.15) is 17.2 Å². The van der Waals surface area contributed by atoms with Gasteiger partial charge in [-0.3, -0.25) is 10.1 Å². The monoisotopic (exact) mass is 406 g/mol. The van der Waals surface area contributed by atoms with E-state index in [0.717, 1.165) is 36.4 Å². The van der Waals surface area contributed by atoms with Crippen molar-refractivity contribution in [2.24, 2.45) is 0 Å². The number of imide groups is 1. The summed E-state index contributed by atoms with van der Waals surface area (Å²) >= 11 is 0. The number of carbonyl (C=O) groups is 2. The molecule has 0 fully saturated rings. The first kappa shape index (κ1) is 19.3. The Morgan fingerprint density at radius 1 is 0.857 bits per heavy atom. The van der Waals surface area contributed by atoms with Gasteiger partial charge in [0.2, 0.25) is 0 Å². The molecule has 6 nitrogen and oxygen atoms in total. The van der Waals surface area contributed by atoms with E-state index in [1.807, 2.05) is 5.32 Å². The van der Waals surface area contributed by atoms with Gasteiger partial charge in [0.05, 0.1) is 0 Å². The Morgan fingerprint density at radius 2 is 1.43 bits per heavy atom. The summed E-state index contributed by atoms with van der Waals surface area (Å²) in [4.78, 5) is 23.6. The van der Waals surface area contributed by atoms with Crippen LogP contribution in [0.3, 0.4) is 0 Å². The topological polar surface area (TPSA) is 76.7 Å². The van der Waals surface area contributed by atoms with E-state index in [1.54, 1.807) is 5.32 Å². The molecular formula is C16H8F6N2O4. The Hall–Kier alpha value is -3.44. The number of anilines is 1. The molecular weight excluding hydrogens is 398 g/mol. The Labute approximate surface area is 152 Å². The number of benzene rings is 2. The molecule has 0 aromatic heterocycles. The lowest BCUT2D eigenvalue weighted by Crippen LogP contribution is -2.52. The summed E-state index contributed by atoms with van der Waals surface area (Å²) in [5, 5.41) is 3.62. The van der Waals surface area contributed by atoms with Gasteiger partial charge < -0.3 is 14.8 Å². The molecule has 1 aliphatic heterocycles. The van der Waals surface area contributed by atoms with Crippen molar-refractivity contribution in [3.63, 3.8) is 0 Å². The molecule has 0 saturated heterocycles. The lowest BCUT2D eigenvalue weighted by Gasteiger charge is -2.31. The minimum absolute atomic E-state index is 0.261. The fraction of sp³-hybridized carbons (Fsp3) is 0.125. The van der Waals surface area contributed by atoms with Crippen LogP contribution in [0.5, 0.6) is 11.5 Å². The summed E-state index contributed by atoms with van der Waals surface area (Å²) in [5.41, 5.74) is -1.27. The Balaban J connectivity index is 1.73. The van der Waals surface area contributed by atoms with Gasteiger partial charge in [-0.05, 0) is 24.3 Å². The number of hydrogen-bond donors (Lipinski definition) is 2. The fourth-order valence-electron chi connectivity index (χ4n) is 2.19. The number of ether oxygens (including phenoxy) is 2. The summed E-state index contributed by atoms with van der Waals surface area (Å²) < 4.78 is 87.3. The molecule has 1 aliphatic rings. The molecule has 2 N–H and O–H groups in total. The number of nitrogens with one attached hydrogen (secondary N) is 2. The van der Waals surface area contributed by atoms with Crippen LogP contribution in [-0.4, -0.2) is 24.2 Å². The van der Waals surface area contributed by atoms with Gasteiger partial charge in [-0.15, -0.1) is 0 Å². The third-order valence-corrected chi connectivity index (χ3v) is 3.43. The summed E-state index contributed by atoms with van der Waals surface area (Å²) in [6.45, 7) is 0. The van der Waals surface area contributed by atoms with Gasteiger partial charge in [-0.1, -0.05) is 6.07 Å². The molecule has 3 rings (SSSR count). The van der Waals surface area contributed by atoms with Crippen LogP contribution in [-0.2, 0) is 0 Å². The summed E-state index contributed by atoms with van der Waals surface area (Å²) in [6.07, 6.45) is -9.86. The largest absolute Gasteiger partial charge is 0.507 e. The van der Waals surface area contributed by atoms with Crippen molar-refractivity contribution in [2.45, 2.75) is 12.2 Å². The molecule has 0 bridgehead atoms. The van der Waals surface area contributed by atoms with Crippen LogP contribution in [0.15, 0.2) is 36.4 Å². The van der Waals surface area contributed by atoms with Gasteiger partial charge in [0.15, 0.2) is 11.5 Å². The summed E-state index contributed by atoms with van der Waals surface area (Å²) in [5.74, 6) is -5.36. The van der Waals surface area contributed by atoms with Crippen molar-refractivity contribution in [3.8, 4) is 11.5 Å². The predicted molar refractivity (Wildman–Crippen MR) is 80.4 cm³/mol. The maximum atomic E-state index is 13.5. The summed E-state index contributed by atoms with van der Waals surface area (Å²) in [7, 11) is 0. The zero-order valence-corrected chi connectivity index (χ0v) is 13.4. The number of carbonyl (C=O) groups excluding carboxylic acids is 2. The van der Waals surface area contributed by atoms with Crippen molar-refractivity contribution >= 4 is 17.6 Å². The molecule has 0 spiro atoms. The molecule has 2 aromatic carbocycles. The van der Waals surface area contributed by atoms with Crippen LogP contribution >= 0.6 is 0 Å². The highest BCUT2D eigenvalue weighted by Crippen LogP contribution is 2.47. The van der Waals surface area contributed by atoms with E-state index < -0.39 is 52.9 Å². The molecule has 0 radical (unpaired) electrons. The second-order valence-corrected chi connectivity index (χ2v) is 5.40. The van der Waals surface area contributed by atoms with E-state index in [-0.39, 0.29) is 5.69 Å². The van der Waals surface area contributed by atoms with Gasteiger partial charge in [-0.25, -0.2) is 13.6 Å². The normalized spacial score (nSPS) is 16.2. The Bertz CT molecular complexity index is 946. The highest BCUT2D eigenvalue weighted by Gasteiger charge is 2.65. The van der Waals surface area contributed by atoms with Crippen molar-refractivity contribution in [2.75, 3.05) is 5.32 Å². The average Bonchev–Trinajstić information content (AvgIpc) is 2.55. The van der Waals surface area contributed by atoms with Crippen molar-refractivity contribution in [1.82, 2.24) is 5.32 Å². The van der Waals surface area contributed by atoms with Crippen molar-refractivity contribution < 1.29 is 45.4 Å². The molecule has 2 aromatic rings. The SMILES string of the molecule is O=C(NC(=O)c1c(F)cccc1F)Nc1ccc2c(c1)OC(F)(F)C(F)(F)O2. The minimum atomic E-state index is -4.96. The number of fused-ring (bicyclic) bond motifs is 1. The molecule has 28 heavy (non-hydrogen) atoms. The molecule has 12 heteroatoms. The first-order chi connectivity index (χ1) is 13.0. The molecule has 0 saturated carbocycles. The summed E-state index contributed by atoms with van der Waals surface area (Å²) in [6, 6.07) is 3.85. The molecule has 0 unspecified atom stereocenters. The third kappa shape index (κ3) is 3.52. The van der Waals surface area contributed by atoms with Gasteiger partial charge in [-0.2, -0.15) is 17.6 Å². The van der Waals surface area contributed by atoms with E-state index in [2.05, 4.69) is 9.47 Å². The molecule has 1 heterocycles. The predicted octanol–water partition coefficient (Wildman–Crippen LogP) is 3.88. The smallest absolute Gasteiger partial charge is 0.421 e. The van der Waals surface area contributed by atoms with E-state index in [1.165, 1.54) is 0 Å². The number of halogens is 6. The van der Waals surface area contributed by atoms with Crippen molar-refractivity contribution in [1.29, 1.82) is 0 Å². The van der Waals surface area contributed by atoms with Crippen LogP contribution in [0.1, 0.15) is 10.4 Å². The van der Waals surface area contributed by atoms with Crippen LogP contribution in [0, 0.1) is 11.6 Å². The van der Waals surface area contributed by atoms with Crippen LogP contribution in [0.25, 0.3) is 0 Å². The molecule has 3 amide bonds. The molecule has 0 atom stereocenters. The maximum absolute atomic E-state index is 13.5. The highest BCUT2D eigenvalue weighted by molar-refractivity contribution is 6.08. The molecule has 148 valence electrons. The number of urea groups is 1. The first-order valence-corrected chi connectivity index (χ1v) is 7.34. The minimum Gasteiger partial charge on any atom is -0.421 e. The molecule has 0 aliphatic carbocycles. The number of hydrogen-bond acceptors (Lipinski definition) is 4. The van der Waals surface area contributed by atoms with Crippen molar-refractivity contribution in [3.05, 3.63) is 53.6 Å². The average molecular weight is 406 g/mol. The van der Waals surface area contributed by atoms with Crippen LogP contribution in [0.4, 0.5) is 36.8 Å². The lowest BCUT2D eigenvalue weighted by atomic mass is 10.2. The standard InChI is InChI=1S/C16H8F6N2O4/c17-8-2-1-3-9(18)12(8)13(25)24-14(26)23-7-4-5-10-11(6-7)28-16(21,22)15(19,20)27-10/h1-6H,(H2,23,24,25,26). The van der Waals surface area contributed by atoms with Gasteiger partial charge in [0.25, 0.3) is 5.91 Å². The van der Waals surface area contributed by atoms with Gasteiger partial charge in [0, 0.05) is 11.8 Å². The fourth-order valence-corrected chi connectivity index (χ4v) is 2.19. The Kier molecular flexibility index (Phi) is 4.57. The third-order valence-electron chi connectivity index (χ3n) is 3.43. The second-order valence-electron chi connectivity index (χ2n) is 5.40. The highest BCUT2D eigenvalue weighted by atomic mass is 19.3. The lowest BCUT2D eigenvalue weighted by molar-refractivity contribution is -0.391. The van der Waals surface area contributed by atoms with Gasteiger partial charge >= 0.3 is 18.2 Å². The quantitative estimate of drug-likeness (QED) is 0.743. The second kappa shape index (κ2) is 6.62.